The maximum absolute atomic E-state index is 12.5. The number of nitrogens with zero attached hydrogens (tertiary/aromatic N) is 1. The molecule has 0 spiro atoms. The van der Waals surface area contributed by atoms with Gasteiger partial charge in [-0.05, 0) is 40.2 Å². The molecule has 0 saturated carbocycles. The molecule has 0 unspecified atom stereocenters. The first-order valence-corrected chi connectivity index (χ1v) is 9.75. The number of nitrogens with one attached hydrogen (secondary N) is 1. The second kappa shape index (κ2) is 8.53. The van der Waals surface area contributed by atoms with Gasteiger partial charge in [0.15, 0.2) is 0 Å². The third kappa shape index (κ3) is 5.71. The normalized spacial score (nSPS) is 12.4. The van der Waals surface area contributed by atoms with E-state index in [0.29, 0.717) is 6.54 Å². The van der Waals surface area contributed by atoms with Crippen molar-refractivity contribution in [3.05, 3.63) is 70.3 Å². The molecule has 0 aliphatic rings. The molecule has 2 N–H and O–H groups in total. The van der Waals surface area contributed by atoms with Crippen molar-refractivity contribution in [3.8, 4) is 11.8 Å². The van der Waals surface area contributed by atoms with Gasteiger partial charge in [0.1, 0.15) is 17.4 Å². The fourth-order valence-corrected chi connectivity index (χ4v) is 3.07. The van der Waals surface area contributed by atoms with Gasteiger partial charge in [0.25, 0.3) is 5.91 Å². The second-order valence-corrected chi connectivity index (χ2v) is 9.30. The fraction of sp³-hybridized carbons (Fsp3) is 0.360. The number of aromatic hydroxyl groups is 1. The summed E-state index contributed by atoms with van der Waals surface area (Å²) >= 11 is 0. The third-order valence-corrected chi connectivity index (χ3v) is 4.72. The van der Waals surface area contributed by atoms with E-state index in [1.165, 1.54) is 0 Å². The number of benzene rings is 2. The van der Waals surface area contributed by atoms with Crippen LogP contribution in [0.1, 0.15) is 63.8 Å². The highest BCUT2D eigenvalue weighted by Crippen LogP contribution is 2.40. The number of amides is 1. The Kier molecular flexibility index (Phi) is 6.54. The van der Waals surface area contributed by atoms with Gasteiger partial charge in [-0.25, -0.2) is 0 Å². The van der Waals surface area contributed by atoms with Gasteiger partial charge >= 0.3 is 0 Å². The first-order chi connectivity index (χ1) is 13.4. The van der Waals surface area contributed by atoms with Crippen LogP contribution in [-0.4, -0.2) is 11.0 Å². The van der Waals surface area contributed by atoms with E-state index >= 15 is 0 Å². The van der Waals surface area contributed by atoms with Crippen LogP contribution >= 0.6 is 0 Å². The van der Waals surface area contributed by atoms with E-state index in [9.17, 15) is 15.2 Å². The molecule has 4 nitrogen and oxygen atoms in total. The largest absolute Gasteiger partial charge is 0.507 e. The van der Waals surface area contributed by atoms with Crippen LogP contribution in [0.2, 0.25) is 0 Å². The van der Waals surface area contributed by atoms with Crippen LogP contribution in [0.15, 0.2) is 48.0 Å². The number of hydrogen-bond acceptors (Lipinski definition) is 3. The van der Waals surface area contributed by atoms with Crippen molar-refractivity contribution in [3.63, 3.8) is 0 Å². The molecular weight excluding hydrogens is 360 g/mol. The fourth-order valence-electron chi connectivity index (χ4n) is 3.07. The average Bonchev–Trinajstić information content (AvgIpc) is 2.64. The van der Waals surface area contributed by atoms with Crippen LogP contribution in [0.4, 0.5) is 0 Å². The van der Waals surface area contributed by atoms with Gasteiger partial charge in [-0.1, -0.05) is 71.9 Å². The maximum Gasteiger partial charge on any atom is 0.262 e. The number of rotatable bonds is 4. The topological polar surface area (TPSA) is 73.1 Å². The van der Waals surface area contributed by atoms with Crippen LogP contribution in [0.25, 0.3) is 6.08 Å². The molecule has 0 aromatic heterocycles. The molecule has 0 fully saturated rings. The highest BCUT2D eigenvalue weighted by Gasteiger charge is 2.26. The lowest BCUT2D eigenvalue weighted by atomic mass is 9.78. The van der Waals surface area contributed by atoms with E-state index in [1.807, 2.05) is 90.1 Å². The van der Waals surface area contributed by atoms with Crippen molar-refractivity contribution in [2.45, 2.75) is 58.9 Å². The van der Waals surface area contributed by atoms with Gasteiger partial charge in [-0.15, -0.1) is 0 Å². The predicted octanol–water partition coefficient (Wildman–Crippen LogP) is 5.21. The van der Waals surface area contributed by atoms with E-state index in [2.05, 4.69) is 5.32 Å². The van der Waals surface area contributed by atoms with E-state index in [0.717, 1.165) is 22.3 Å². The van der Waals surface area contributed by atoms with Gasteiger partial charge in [-0.2, -0.15) is 5.26 Å². The highest BCUT2D eigenvalue weighted by molar-refractivity contribution is 6.01. The number of nitriles is 1. The van der Waals surface area contributed by atoms with Gasteiger partial charge in [-0.3, -0.25) is 4.79 Å². The Balaban J connectivity index is 2.41. The molecule has 0 radical (unpaired) electrons. The minimum absolute atomic E-state index is 0.0336. The number of hydrogen-bond donors (Lipinski definition) is 2. The Morgan fingerprint density at radius 2 is 1.55 bits per heavy atom. The lowest BCUT2D eigenvalue weighted by Gasteiger charge is -2.28. The summed E-state index contributed by atoms with van der Waals surface area (Å²) in [6.45, 7) is 12.5. The summed E-state index contributed by atoms with van der Waals surface area (Å²) in [6.07, 6.45) is 1.59. The third-order valence-electron chi connectivity index (χ3n) is 4.72. The van der Waals surface area contributed by atoms with Gasteiger partial charge in [0, 0.05) is 17.7 Å². The van der Waals surface area contributed by atoms with Crippen LogP contribution in [-0.2, 0) is 22.2 Å². The van der Waals surface area contributed by atoms with Crippen LogP contribution in [0.3, 0.4) is 0 Å². The molecule has 2 rings (SSSR count). The molecule has 0 saturated heterocycles. The van der Waals surface area contributed by atoms with E-state index < -0.39 is 5.91 Å². The summed E-state index contributed by atoms with van der Waals surface area (Å²) in [7, 11) is 0. The summed E-state index contributed by atoms with van der Waals surface area (Å²) in [5.41, 5.74) is 2.74. The predicted molar refractivity (Wildman–Crippen MR) is 117 cm³/mol. The lowest BCUT2D eigenvalue weighted by Crippen LogP contribution is -2.24. The summed E-state index contributed by atoms with van der Waals surface area (Å²) in [4.78, 5) is 12.5. The molecule has 0 bridgehead atoms. The number of phenols is 1. The maximum atomic E-state index is 12.5. The van der Waals surface area contributed by atoms with E-state index in [4.69, 9.17) is 0 Å². The monoisotopic (exact) mass is 390 g/mol. The number of carbonyl (C=O) groups excluding carboxylic acids is 1. The Bertz CT molecular complexity index is 918. The number of phenolic OH excluding ortho intramolecular Hbond substituents is 1. The van der Waals surface area contributed by atoms with Gasteiger partial charge in [0.05, 0.1) is 0 Å². The smallest absolute Gasteiger partial charge is 0.262 e. The van der Waals surface area contributed by atoms with Gasteiger partial charge in [0.2, 0.25) is 0 Å². The first-order valence-electron chi connectivity index (χ1n) is 9.75. The summed E-state index contributed by atoms with van der Waals surface area (Å²) in [5.74, 6) is -0.145. The molecule has 1 amide bonds. The molecule has 152 valence electrons. The van der Waals surface area contributed by atoms with Crippen molar-refractivity contribution < 1.29 is 9.90 Å². The van der Waals surface area contributed by atoms with Crippen molar-refractivity contribution in [1.82, 2.24) is 5.32 Å². The molecule has 2 aromatic rings. The van der Waals surface area contributed by atoms with E-state index in [1.54, 1.807) is 6.08 Å². The van der Waals surface area contributed by atoms with Crippen molar-refractivity contribution in [2.75, 3.05) is 0 Å². The van der Waals surface area contributed by atoms with Crippen LogP contribution < -0.4 is 5.32 Å². The van der Waals surface area contributed by atoms with Crippen molar-refractivity contribution >= 4 is 12.0 Å². The first kappa shape index (κ1) is 22.2. The standard InChI is InChI=1S/C25H30N2O2/c1-24(2,3)20-13-18(14-21(22(20)28)25(4,5)6)12-19(15-26)23(29)27-16-17-10-8-7-9-11-17/h7-14,28H,16H2,1-6H3,(H,27,29)/b19-12-. The quantitative estimate of drug-likeness (QED) is 0.556. The zero-order chi connectivity index (χ0) is 21.8. The molecule has 0 aliphatic heterocycles. The molecular formula is C25H30N2O2. The van der Waals surface area contributed by atoms with Crippen LogP contribution in [0.5, 0.6) is 5.75 Å². The second-order valence-electron chi connectivity index (χ2n) is 9.30. The van der Waals surface area contributed by atoms with Crippen molar-refractivity contribution in [1.29, 1.82) is 5.26 Å². The molecule has 0 atom stereocenters. The van der Waals surface area contributed by atoms with Crippen molar-refractivity contribution in [2.24, 2.45) is 0 Å². The Morgan fingerprint density at radius 1 is 1.03 bits per heavy atom. The summed E-state index contributed by atoms with van der Waals surface area (Å²) < 4.78 is 0. The SMILES string of the molecule is CC(C)(C)c1cc(/C=C(/C#N)C(=O)NCc2ccccc2)cc(C(C)(C)C)c1O. The summed E-state index contributed by atoms with van der Waals surface area (Å²) in [5, 5.41) is 23.2. The number of carbonyl (C=O) groups is 1. The summed E-state index contributed by atoms with van der Waals surface area (Å²) in [6, 6.07) is 15.3. The molecule has 4 heteroatoms. The lowest BCUT2D eigenvalue weighted by molar-refractivity contribution is -0.117. The zero-order valence-corrected chi connectivity index (χ0v) is 18.1. The molecule has 29 heavy (non-hydrogen) atoms. The molecule has 0 aliphatic carbocycles. The molecule has 0 heterocycles. The minimum Gasteiger partial charge on any atom is -0.507 e. The Labute approximate surface area is 173 Å². The average molecular weight is 391 g/mol. The minimum atomic E-state index is -0.418. The zero-order valence-electron chi connectivity index (χ0n) is 18.1. The van der Waals surface area contributed by atoms with Crippen LogP contribution in [0, 0.1) is 11.3 Å². The van der Waals surface area contributed by atoms with Gasteiger partial charge < -0.3 is 10.4 Å². The highest BCUT2D eigenvalue weighted by atomic mass is 16.3. The Hall–Kier alpha value is -3.06. The molecule has 2 aromatic carbocycles. The van der Waals surface area contributed by atoms with E-state index in [-0.39, 0.29) is 22.2 Å². The Morgan fingerprint density at radius 3 is 2.00 bits per heavy atom.